The maximum absolute atomic E-state index is 11.7. The molecule has 2 aliphatic rings. The predicted molar refractivity (Wildman–Crippen MR) is 64.7 cm³/mol. The minimum atomic E-state index is 0.0997. The van der Waals surface area contributed by atoms with Gasteiger partial charge in [0.1, 0.15) is 0 Å². The molecule has 1 saturated carbocycles. The third-order valence-corrected chi connectivity index (χ3v) is 3.96. The second-order valence-corrected chi connectivity index (χ2v) is 4.95. The number of nitrogens with zero attached hydrogens (tertiary/aromatic N) is 1. The Bertz CT molecular complexity index is 422. The van der Waals surface area contributed by atoms with Crippen molar-refractivity contribution in [3.8, 4) is 0 Å². The van der Waals surface area contributed by atoms with E-state index in [1.807, 2.05) is 0 Å². The van der Waals surface area contributed by atoms with Gasteiger partial charge in [-0.1, -0.05) is 18.2 Å². The van der Waals surface area contributed by atoms with E-state index >= 15 is 0 Å². The van der Waals surface area contributed by atoms with Crippen molar-refractivity contribution in [1.29, 1.82) is 0 Å². The second kappa shape index (κ2) is 3.62. The highest BCUT2D eigenvalue weighted by atomic mass is 16.1. The Labute approximate surface area is 96.3 Å². The first-order valence-electron chi connectivity index (χ1n) is 6.14. The van der Waals surface area contributed by atoms with Crippen LogP contribution in [0.1, 0.15) is 31.7 Å². The number of hydrogen-bond donors (Lipinski definition) is 0. The molecule has 1 atom stereocenters. The summed E-state index contributed by atoms with van der Waals surface area (Å²) >= 11 is 0. The molecule has 2 heteroatoms. The van der Waals surface area contributed by atoms with Gasteiger partial charge in [0.25, 0.3) is 0 Å². The van der Waals surface area contributed by atoms with E-state index in [9.17, 15) is 4.79 Å². The SMILES string of the molecule is CC(=O)C1Cc2ccccc2N1C1CCC1. The van der Waals surface area contributed by atoms with Crippen LogP contribution in [-0.4, -0.2) is 17.9 Å². The van der Waals surface area contributed by atoms with Crippen molar-refractivity contribution in [2.45, 2.75) is 44.7 Å². The van der Waals surface area contributed by atoms with Gasteiger partial charge in [-0.3, -0.25) is 4.79 Å². The third-order valence-electron chi connectivity index (χ3n) is 3.96. The summed E-state index contributed by atoms with van der Waals surface area (Å²) in [4.78, 5) is 14.1. The van der Waals surface area contributed by atoms with Crippen LogP contribution in [0.25, 0.3) is 0 Å². The summed E-state index contributed by atoms with van der Waals surface area (Å²) in [6, 6.07) is 9.17. The zero-order valence-electron chi connectivity index (χ0n) is 9.65. The minimum absolute atomic E-state index is 0.0997. The molecule has 1 unspecified atom stereocenters. The first kappa shape index (κ1) is 9.88. The molecule has 1 aromatic carbocycles. The van der Waals surface area contributed by atoms with Crippen LogP contribution in [0.4, 0.5) is 5.69 Å². The molecule has 0 spiro atoms. The summed E-state index contributed by atoms with van der Waals surface area (Å²) in [5.74, 6) is 0.308. The largest absolute Gasteiger partial charge is 0.358 e. The summed E-state index contributed by atoms with van der Waals surface area (Å²) in [5, 5.41) is 0. The molecule has 1 heterocycles. The number of fused-ring (bicyclic) bond motifs is 1. The summed E-state index contributed by atoms with van der Waals surface area (Å²) in [7, 11) is 0. The van der Waals surface area contributed by atoms with Crippen LogP contribution in [0.3, 0.4) is 0 Å². The number of carbonyl (C=O) groups is 1. The fourth-order valence-corrected chi connectivity index (χ4v) is 2.87. The van der Waals surface area contributed by atoms with Crippen molar-refractivity contribution in [3.63, 3.8) is 0 Å². The summed E-state index contributed by atoms with van der Waals surface area (Å²) in [5.41, 5.74) is 2.64. The molecule has 1 fully saturated rings. The normalized spacial score (nSPS) is 24.1. The van der Waals surface area contributed by atoms with Gasteiger partial charge in [-0.15, -0.1) is 0 Å². The van der Waals surface area contributed by atoms with Crippen LogP contribution < -0.4 is 4.90 Å². The average Bonchev–Trinajstić information content (AvgIpc) is 2.56. The van der Waals surface area contributed by atoms with Gasteiger partial charge in [0, 0.05) is 18.2 Å². The minimum Gasteiger partial charge on any atom is -0.358 e. The van der Waals surface area contributed by atoms with E-state index in [1.165, 1.54) is 30.5 Å². The standard InChI is InChI=1S/C14H17NO/c1-10(16)14-9-11-5-2-3-8-13(11)15(14)12-6-4-7-12/h2-3,5,8,12,14H,4,6-7,9H2,1H3. The Kier molecular flexibility index (Phi) is 2.23. The molecule has 84 valence electrons. The first-order chi connectivity index (χ1) is 7.77. The van der Waals surface area contributed by atoms with E-state index in [0.717, 1.165) is 6.42 Å². The number of Topliss-reactive ketones (excluding diaryl/α,β-unsaturated/α-hetero) is 1. The van der Waals surface area contributed by atoms with Crippen LogP contribution in [0.2, 0.25) is 0 Å². The van der Waals surface area contributed by atoms with Gasteiger partial charge in [-0.25, -0.2) is 0 Å². The van der Waals surface area contributed by atoms with Crippen molar-refractivity contribution in [3.05, 3.63) is 29.8 Å². The Morgan fingerprint density at radius 2 is 2.06 bits per heavy atom. The Hall–Kier alpha value is -1.31. The van der Waals surface area contributed by atoms with E-state index < -0.39 is 0 Å². The average molecular weight is 215 g/mol. The Morgan fingerprint density at radius 1 is 1.31 bits per heavy atom. The second-order valence-electron chi connectivity index (χ2n) is 4.95. The molecular formula is C14H17NO. The summed E-state index contributed by atoms with van der Waals surface area (Å²) < 4.78 is 0. The molecule has 3 rings (SSSR count). The maximum atomic E-state index is 11.7. The van der Waals surface area contributed by atoms with Gasteiger partial charge in [0.15, 0.2) is 5.78 Å². The number of hydrogen-bond acceptors (Lipinski definition) is 2. The van der Waals surface area contributed by atoms with Gasteiger partial charge in [0.2, 0.25) is 0 Å². The highest BCUT2D eigenvalue weighted by Crippen LogP contribution is 2.39. The number of ketones is 1. The van der Waals surface area contributed by atoms with E-state index in [0.29, 0.717) is 11.8 Å². The zero-order valence-corrected chi connectivity index (χ0v) is 9.65. The molecule has 1 aromatic rings. The molecular weight excluding hydrogens is 198 g/mol. The van der Waals surface area contributed by atoms with Crippen LogP contribution in [0, 0.1) is 0 Å². The molecule has 0 bridgehead atoms. The van der Waals surface area contributed by atoms with Crippen LogP contribution in [0.5, 0.6) is 0 Å². The lowest BCUT2D eigenvalue weighted by molar-refractivity contribution is -0.118. The molecule has 0 saturated heterocycles. The van der Waals surface area contributed by atoms with Gasteiger partial charge < -0.3 is 4.90 Å². The Balaban J connectivity index is 1.98. The van der Waals surface area contributed by atoms with Crippen molar-refractivity contribution in [2.75, 3.05) is 4.90 Å². The monoisotopic (exact) mass is 215 g/mol. The molecule has 0 radical (unpaired) electrons. The quantitative estimate of drug-likeness (QED) is 0.755. The zero-order chi connectivity index (χ0) is 11.1. The number of rotatable bonds is 2. The number of benzene rings is 1. The number of anilines is 1. The van der Waals surface area contributed by atoms with E-state index in [-0.39, 0.29) is 6.04 Å². The topological polar surface area (TPSA) is 20.3 Å². The fraction of sp³-hybridized carbons (Fsp3) is 0.500. The van der Waals surface area contributed by atoms with Gasteiger partial charge >= 0.3 is 0 Å². The van der Waals surface area contributed by atoms with Gasteiger partial charge in [-0.2, -0.15) is 0 Å². The van der Waals surface area contributed by atoms with Crippen molar-refractivity contribution < 1.29 is 4.79 Å². The lowest BCUT2D eigenvalue weighted by Crippen LogP contribution is -2.47. The highest BCUT2D eigenvalue weighted by molar-refractivity contribution is 5.88. The van der Waals surface area contributed by atoms with E-state index in [1.54, 1.807) is 6.92 Å². The number of carbonyl (C=O) groups excluding carboxylic acids is 1. The highest BCUT2D eigenvalue weighted by Gasteiger charge is 2.38. The molecule has 2 nitrogen and oxygen atoms in total. The molecule has 16 heavy (non-hydrogen) atoms. The van der Waals surface area contributed by atoms with Crippen molar-refractivity contribution >= 4 is 11.5 Å². The first-order valence-corrected chi connectivity index (χ1v) is 6.14. The van der Waals surface area contributed by atoms with E-state index in [2.05, 4.69) is 29.2 Å². The lowest BCUT2D eigenvalue weighted by Gasteiger charge is -2.40. The van der Waals surface area contributed by atoms with Crippen LogP contribution in [-0.2, 0) is 11.2 Å². The Morgan fingerprint density at radius 3 is 2.69 bits per heavy atom. The molecule has 1 aliphatic carbocycles. The summed E-state index contributed by atoms with van der Waals surface area (Å²) in [6.45, 7) is 1.72. The molecule has 0 amide bonds. The van der Waals surface area contributed by atoms with Crippen molar-refractivity contribution in [2.24, 2.45) is 0 Å². The van der Waals surface area contributed by atoms with Crippen LogP contribution >= 0.6 is 0 Å². The van der Waals surface area contributed by atoms with Crippen LogP contribution in [0.15, 0.2) is 24.3 Å². The maximum Gasteiger partial charge on any atom is 0.152 e. The van der Waals surface area contributed by atoms with Crippen molar-refractivity contribution in [1.82, 2.24) is 0 Å². The summed E-state index contributed by atoms with van der Waals surface area (Å²) in [6.07, 6.45) is 4.71. The lowest BCUT2D eigenvalue weighted by atomic mass is 9.90. The fourth-order valence-electron chi connectivity index (χ4n) is 2.87. The van der Waals surface area contributed by atoms with E-state index in [4.69, 9.17) is 0 Å². The smallest absolute Gasteiger partial charge is 0.152 e. The molecule has 1 aliphatic heterocycles. The van der Waals surface area contributed by atoms with Gasteiger partial charge in [0.05, 0.1) is 6.04 Å². The molecule has 0 N–H and O–H groups in total. The molecule has 0 aromatic heterocycles. The van der Waals surface area contributed by atoms with Gasteiger partial charge in [-0.05, 0) is 37.8 Å². The number of para-hydroxylation sites is 1. The predicted octanol–water partition coefficient (Wildman–Crippen LogP) is 2.56. The third kappa shape index (κ3) is 1.36.